The molecule has 2 aromatic carbocycles. The number of esters is 1. The number of benzene rings is 2. The van der Waals surface area contributed by atoms with Gasteiger partial charge >= 0.3 is 5.97 Å². The van der Waals surface area contributed by atoms with Crippen molar-refractivity contribution in [3.63, 3.8) is 0 Å². The average molecular weight is 382 g/mol. The van der Waals surface area contributed by atoms with E-state index in [1.54, 1.807) is 18.2 Å². The summed E-state index contributed by atoms with van der Waals surface area (Å²) in [6.07, 6.45) is -0.995. The number of amides is 2. The van der Waals surface area contributed by atoms with Crippen molar-refractivity contribution in [3.8, 4) is 0 Å². The third-order valence-corrected chi connectivity index (χ3v) is 4.29. The molecule has 148 valence electrons. The fourth-order valence-electron chi connectivity index (χ4n) is 2.56. The molecule has 0 bridgehead atoms. The molecule has 0 fully saturated rings. The van der Waals surface area contributed by atoms with Crippen LogP contribution in [0.25, 0.3) is 0 Å². The molecule has 2 aromatic rings. The van der Waals surface area contributed by atoms with Gasteiger partial charge in [0, 0.05) is 11.3 Å². The van der Waals surface area contributed by atoms with E-state index < -0.39 is 24.0 Å². The predicted octanol–water partition coefficient (Wildman–Crippen LogP) is 3.30. The van der Waals surface area contributed by atoms with E-state index in [9.17, 15) is 14.4 Å². The van der Waals surface area contributed by atoms with Gasteiger partial charge in [-0.05, 0) is 63.9 Å². The summed E-state index contributed by atoms with van der Waals surface area (Å²) >= 11 is 0. The molecule has 0 aliphatic rings. The van der Waals surface area contributed by atoms with E-state index in [0.29, 0.717) is 11.3 Å². The lowest BCUT2D eigenvalue weighted by Crippen LogP contribution is -2.42. The standard InChI is InChI=1S/C22H26N2O4/c1-13-7-6-8-18(11-13)21(26)23-16(4)22(27)28-17(5)20(25)24-19-12-14(2)9-10-15(19)3/h6-12,16-17H,1-5H3,(H,23,26)(H,24,25)/t16-,17+/m0/s1. The highest BCUT2D eigenvalue weighted by atomic mass is 16.5. The number of rotatable bonds is 6. The van der Waals surface area contributed by atoms with E-state index in [4.69, 9.17) is 4.74 Å². The Balaban J connectivity index is 1.92. The van der Waals surface area contributed by atoms with Crippen molar-refractivity contribution in [3.05, 3.63) is 64.7 Å². The van der Waals surface area contributed by atoms with E-state index in [1.807, 2.05) is 45.0 Å². The lowest BCUT2D eigenvalue weighted by Gasteiger charge is -2.18. The van der Waals surface area contributed by atoms with Gasteiger partial charge in [0.25, 0.3) is 11.8 Å². The summed E-state index contributed by atoms with van der Waals surface area (Å²) in [6, 6.07) is 11.9. The van der Waals surface area contributed by atoms with Crippen molar-refractivity contribution < 1.29 is 19.1 Å². The molecule has 2 rings (SSSR count). The molecule has 0 spiro atoms. The van der Waals surface area contributed by atoms with Crippen LogP contribution in [0.1, 0.15) is 40.9 Å². The summed E-state index contributed by atoms with van der Waals surface area (Å²) in [4.78, 5) is 36.8. The monoisotopic (exact) mass is 382 g/mol. The SMILES string of the molecule is Cc1cccc(C(=O)N[C@@H](C)C(=O)O[C@H](C)C(=O)Nc2cc(C)ccc2C)c1. The zero-order valence-electron chi connectivity index (χ0n) is 16.8. The first-order valence-electron chi connectivity index (χ1n) is 9.13. The van der Waals surface area contributed by atoms with Gasteiger partial charge in [-0.15, -0.1) is 0 Å². The third-order valence-electron chi connectivity index (χ3n) is 4.29. The Bertz CT molecular complexity index is 892. The summed E-state index contributed by atoms with van der Waals surface area (Å²) in [5.41, 5.74) is 4.00. The summed E-state index contributed by atoms with van der Waals surface area (Å²) < 4.78 is 5.21. The van der Waals surface area contributed by atoms with Crippen molar-refractivity contribution in [1.82, 2.24) is 5.32 Å². The molecule has 6 nitrogen and oxygen atoms in total. The van der Waals surface area contributed by atoms with Crippen molar-refractivity contribution in [1.29, 1.82) is 0 Å². The highest BCUT2D eigenvalue weighted by Gasteiger charge is 2.24. The number of carbonyl (C=O) groups excluding carboxylic acids is 3. The molecule has 0 unspecified atom stereocenters. The number of anilines is 1. The molecular formula is C22H26N2O4. The molecular weight excluding hydrogens is 356 g/mol. The fourth-order valence-corrected chi connectivity index (χ4v) is 2.56. The third kappa shape index (κ3) is 5.67. The molecule has 2 atom stereocenters. The van der Waals surface area contributed by atoms with Crippen molar-refractivity contribution >= 4 is 23.5 Å². The number of carbonyl (C=O) groups is 3. The topological polar surface area (TPSA) is 84.5 Å². The zero-order chi connectivity index (χ0) is 20.8. The molecule has 0 radical (unpaired) electrons. The predicted molar refractivity (Wildman–Crippen MR) is 108 cm³/mol. The largest absolute Gasteiger partial charge is 0.451 e. The molecule has 2 amide bonds. The smallest absolute Gasteiger partial charge is 0.329 e. The summed E-state index contributed by atoms with van der Waals surface area (Å²) in [7, 11) is 0. The zero-order valence-corrected chi connectivity index (χ0v) is 16.8. The highest BCUT2D eigenvalue weighted by Crippen LogP contribution is 2.17. The van der Waals surface area contributed by atoms with E-state index in [-0.39, 0.29) is 5.91 Å². The minimum atomic E-state index is -0.995. The second-order valence-corrected chi connectivity index (χ2v) is 6.95. The van der Waals surface area contributed by atoms with Crippen LogP contribution in [0.15, 0.2) is 42.5 Å². The molecule has 0 aliphatic carbocycles. The Morgan fingerprint density at radius 3 is 2.29 bits per heavy atom. The second-order valence-electron chi connectivity index (χ2n) is 6.95. The maximum Gasteiger partial charge on any atom is 0.329 e. The van der Waals surface area contributed by atoms with Crippen molar-refractivity contribution in [2.45, 2.75) is 46.8 Å². The van der Waals surface area contributed by atoms with Gasteiger partial charge in [0.2, 0.25) is 0 Å². The number of ether oxygens (including phenoxy) is 1. The summed E-state index contributed by atoms with van der Waals surface area (Å²) in [5.74, 6) is -1.48. The van der Waals surface area contributed by atoms with Crippen molar-refractivity contribution in [2.24, 2.45) is 0 Å². The molecule has 0 saturated heterocycles. The van der Waals surface area contributed by atoms with Gasteiger partial charge in [-0.3, -0.25) is 9.59 Å². The average Bonchev–Trinajstić information content (AvgIpc) is 2.64. The first-order chi connectivity index (χ1) is 13.2. The van der Waals surface area contributed by atoms with Gasteiger partial charge in [0.05, 0.1) is 0 Å². The first kappa shape index (κ1) is 21.2. The number of hydrogen-bond acceptors (Lipinski definition) is 4. The van der Waals surface area contributed by atoms with E-state index >= 15 is 0 Å². The van der Waals surface area contributed by atoms with Gasteiger partial charge in [-0.25, -0.2) is 4.79 Å². The van der Waals surface area contributed by atoms with Gasteiger partial charge in [0.15, 0.2) is 6.10 Å². The molecule has 28 heavy (non-hydrogen) atoms. The normalized spacial score (nSPS) is 12.6. The lowest BCUT2D eigenvalue weighted by molar-refractivity contribution is -0.154. The van der Waals surface area contributed by atoms with E-state index in [0.717, 1.165) is 16.7 Å². The molecule has 0 heterocycles. The van der Waals surface area contributed by atoms with Crippen LogP contribution in [0.4, 0.5) is 5.69 Å². The van der Waals surface area contributed by atoms with Gasteiger partial charge in [-0.1, -0.05) is 29.8 Å². The first-order valence-corrected chi connectivity index (χ1v) is 9.13. The summed E-state index contributed by atoms with van der Waals surface area (Å²) in [6.45, 7) is 8.70. The van der Waals surface area contributed by atoms with Crippen LogP contribution in [0.3, 0.4) is 0 Å². The van der Waals surface area contributed by atoms with E-state index in [2.05, 4.69) is 10.6 Å². The minimum Gasteiger partial charge on any atom is -0.451 e. The van der Waals surface area contributed by atoms with Gasteiger partial charge in [-0.2, -0.15) is 0 Å². The maximum atomic E-state index is 12.3. The maximum absolute atomic E-state index is 12.3. The fraction of sp³-hybridized carbons (Fsp3) is 0.318. The molecule has 0 aromatic heterocycles. The molecule has 0 saturated carbocycles. The van der Waals surface area contributed by atoms with E-state index in [1.165, 1.54) is 13.8 Å². The van der Waals surface area contributed by atoms with Crippen LogP contribution in [0, 0.1) is 20.8 Å². The Morgan fingerprint density at radius 1 is 0.929 bits per heavy atom. The molecule has 0 aliphatic heterocycles. The number of aryl methyl sites for hydroxylation is 3. The number of nitrogens with one attached hydrogen (secondary N) is 2. The Kier molecular flexibility index (Phi) is 6.93. The lowest BCUT2D eigenvalue weighted by atomic mass is 10.1. The Labute approximate surface area is 165 Å². The van der Waals surface area contributed by atoms with Crippen LogP contribution in [0.2, 0.25) is 0 Å². The summed E-state index contributed by atoms with van der Waals surface area (Å²) in [5, 5.41) is 5.35. The molecule has 6 heteroatoms. The van der Waals surface area contributed by atoms with Gasteiger partial charge < -0.3 is 15.4 Å². The van der Waals surface area contributed by atoms with Crippen LogP contribution >= 0.6 is 0 Å². The molecule has 2 N–H and O–H groups in total. The van der Waals surface area contributed by atoms with Crippen LogP contribution < -0.4 is 10.6 Å². The van der Waals surface area contributed by atoms with Crippen molar-refractivity contribution in [2.75, 3.05) is 5.32 Å². The Morgan fingerprint density at radius 2 is 1.61 bits per heavy atom. The minimum absolute atomic E-state index is 0.374. The van der Waals surface area contributed by atoms with Crippen LogP contribution in [0.5, 0.6) is 0 Å². The quantitative estimate of drug-likeness (QED) is 0.751. The second kappa shape index (κ2) is 9.17. The Hall–Kier alpha value is -3.15. The van der Waals surface area contributed by atoms with Crippen LogP contribution in [-0.4, -0.2) is 29.9 Å². The number of hydrogen-bond donors (Lipinski definition) is 2. The van der Waals surface area contributed by atoms with Gasteiger partial charge in [0.1, 0.15) is 6.04 Å². The highest BCUT2D eigenvalue weighted by molar-refractivity contribution is 5.98. The van der Waals surface area contributed by atoms with Crippen LogP contribution in [-0.2, 0) is 14.3 Å².